The van der Waals surface area contributed by atoms with E-state index in [4.69, 9.17) is 5.73 Å². The molecule has 0 radical (unpaired) electrons. The Labute approximate surface area is 101 Å². The predicted octanol–water partition coefficient (Wildman–Crippen LogP) is 2.12. The van der Waals surface area contributed by atoms with E-state index < -0.39 is 4.92 Å². The minimum Gasteiger partial charge on any atom is -0.398 e. The number of nitro groups is 1. The lowest BCUT2D eigenvalue weighted by molar-refractivity contribution is -0.384. The van der Waals surface area contributed by atoms with Crippen molar-refractivity contribution in [2.45, 2.75) is 9.92 Å². The molecule has 1 heterocycles. The highest BCUT2D eigenvalue weighted by Gasteiger charge is 2.09. The standard InChI is InChI=1S/C10H8N4O2S/c11-8-5-7(14(15)16)1-2-9(8)17-10-3-4-12-6-13-10/h1-6H,11H2. The Balaban J connectivity index is 2.26. The number of anilines is 1. The highest BCUT2D eigenvalue weighted by atomic mass is 32.2. The maximum absolute atomic E-state index is 10.5. The highest BCUT2D eigenvalue weighted by molar-refractivity contribution is 7.99. The van der Waals surface area contributed by atoms with Crippen molar-refractivity contribution >= 4 is 23.1 Å². The molecule has 0 bridgehead atoms. The SMILES string of the molecule is Nc1cc([N+](=O)[O-])ccc1Sc1ccncn1. The second-order valence-electron chi connectivity index (χ2n) is 3.13. The zero-order chi connectivity index (χ0) is 12.3. The van der Waals surface area contributed by atoms with Crippen LogP contribution in [0.25, 0.3) is 0 Å². The third kappa shape index (κ3) is 2.70. The van der Waals surface area contributed by atoms with Gasteiger partial charge in [0.2, 0.25) is 0 Å². The summed E-state index contributed by atoms with van der Waals surface area (Å²) in [5.74, 6) is 0. The Hall–Kier alpha value is -2.15. The molecule has 7 heteroatoms. The molecule has 0 aliphatic carbocycles. The average Bonchev–Trinajstić information content (AvgIpc) is 2.33. The number of benzene rings is 1. The molecular weight excluding hydrogens is 240 g/mol. The topological polar surface area (TPSA) is 94.9 Å². The number of hydrogen-bond acceptors (Lipinski definition) is 6. The molecule has 86 valence electrons. The minimum atomic E-state index is -0.477. The fraction of sp³-hybridized carbons (Fsp3) is 0. The van der Waals surface area contributed by atoms with E-state index in [1.54, 1.807) is 18.3 Å². The average molecular weight is 248 g/mol. The van der Waals surface area contributed by atoms with Crippen LogP contribution >= 0.6 is 11.8 Å². The van der Waals surface area contributed by atoms with Crippen LogP contribution in [0.15, 0.2) is 46.7 Å². The summed E-state index contributed by atoms with van der Waals surface area (Å²) in [4.78, 5) is 18.6. The molecule has 0 fully saturated rings. The molecule has 2 aromatic rings. The molecule has 2 rings (SSSR count). The summed E-state index contributed by atoms with van der Waals surface area (Å²) >= 11 is 1.34. The summed E-state index contributed by atoms with van der Waals surface area (Å²) in [5, 5.41) is 11.3. The van der Waals surface area contributed by atoms with Crippen molar-refractivity contribution in [2.24, 2.45) is 0 Å². The van der Waals surface area contributed by atoms with E-state index in [1.165, 1.54) is 30.2 Å². The molecule has 0 aliphatic heterocycles. The van der Waals surface area contributed by atoms with E-state index in [-0.39, 0.29) is 5.69 Å². The van der Waals surface area contributed by atoms with Crippen LogP contribution in [-0.2, 0) is 0 Å². The summed E-state index contributed by atoms with van der Waals surface area (Å²) in [6.45, 7) is 0. The lowest BCUT2D eigenvalue weighted by atomic mass is 10.3. The van der Waals surface area contributed by atoms with Gasteiger partial charge in [-0.15, -0.1) is 0 Å². The first-order valence-electron chi connectivity index (χ1n) is 4.64. The summed E-state index contributed by atoms with van der Waals surface area (Å²) in [6, 6.07) is 6.11. The maximum atomic E-state index is 10.5. The first kappa shape index (κ1) is 11.3. The van der Waals surface area contributed by atoms with Crippen LogP contribution in [0, 0.1) is 10.1 Å². The van der Waals surface area contributed by atoms with E-state index >= 15 is 0 Å². The van der Waals surface area contributed by atoms with Crippen LogP contribution in [0.2, 0.25) is 0 Å². The largest absolute Gasteiger partial charge is 0.398 e. The maximum Gasteiger partial charge on any atom is 0.271 e. The zero-order valence-electron chi connectivity index (χ0n) is 8.61. The molecule has 2 N–H and O–H groups in total. The first-order chi connectivity index (χ1) is 8.16. The van der Waals surface area contributed by atoms with Gasteiger partial charge in [0.1, 0.15) is 11.4 Å². The van der Waals surface area contributed by atoms with Crippen LogP contribution in [0.1, 0.15) is 0 Å². The molecule has 1 aromatic carbocycles. The molecule has 0 saturated carbocycles. The van der Waals surface area contributed by atoms with Crippen LogP contribution in [0.5, 0.6) is 0 Å². The van der Waals surface area contributed by atoms with Gasteiger partial charge in [-0.2, -0.15) is 0 Å². The van der Waals surface area contributed by atoms with Crippen molar-refractivity contribution in [3.05, 3.63) is 46.9 Å². The molecule has 0 aliphatic rings. The zero-order valence-corrected chi connectivity index (χ0v) is 9.42. The summed E-state index contributed by atoms with van der Waals surface area (Å²) in [5.41, 5.74) is 6.08. The molecule has 0 unspecified atom stereocenters. The third-order valence-corrected chi connectivity index (χ3v) is 3.02. The Morgan fingerprint density at radius 1 is 1.35 bits per heavy atom. The van der Waals surface area contributed by atoms with Gasteiger partial charge in [0.05, 0.1) is 10.6 Å². The van der Waals surface area contributed by atoms with Crippen molar-refractivity contribution in [3.63, 3.8) is 0 Å². The quantitative estimate of drug-likeness (QED) is 0.387. The number of hydrogen-bond donors (Lipinski definition) is 1. The molecule has 6 nitrogen and oxygen atoms in total. The van der Waals surface area contributed by atoms with Gasteiger partial charge in [0.25, 0.3) is 5.69 Å². The number of nitrogens with two attached hydrogens (primary N) is 1. The van der Waals surface area contributed by atoms with Crippen molar-refractivity contribution < 1.29 is 4.92 Å². The van der Waals surface area contributed by atoms with Crippen molar-refractivity contribution in [3.8, 4) is 0 Å². The van der Waals surface area contributed by atoms with Crippen molar-refractivity contribution in [1.29, 1.82) is 0 Å². The third-order valence-electron chi connectivity index (χ3n) is 1.97. The molecule has 17 heavy (non-hydrogen) atoms. The fourth-order valence-corrected chi connectivity index (χ4v) is 1.96. The molecule has 0 atom stereocenters. The highest BCUT2D eigenvalue weighted by Crippen LogP contribution is 2.32. The number of nitrogens with zero attached hydrogens (tertiary/aromatic N) is 3. The summed E-state index contributed by atoms with van der Waals surface area (Å²) in [7, 11) is 0. The van der Waals surface area contributed by atoms with Crippen molar-refractivity contribution in [1.82, 2.24) is 9.97 Å². The fourth-order valence-electron chi connectivity index (χ4n) is 1.19. The molecule has 0 amide bonds. The van der Waals surface area contributed by atoms with Crippen LogP contribution in [-0.4, -0.2) is 14.9 Å². The van der Waals surface area contributed by atoms with Gasteiger partial charge in [-0.05, 0) is 12.1 Å². The number of nitrogen functional groups attached to an aromatic ring is 1. The lowest BCUT2D eigenvalue weighted by Crippen LogP contribution is -1.93. The van der Waals surface area contributed by atoms with E-state index in [0.717, 1.165) is 9.92 Å². The Kier molecular flexibility index (Phi) is 3.20. The monoisotopic (exact) mass is 248 g/mol. The Bertz CT molecular complexity index is 547. The lowest BCUT2D eigenvalue weighted by Gasteiger charge is -2.03. The summed E-state index contributed by atoms with van der Waals surface area (Å²) < 4.78 is 0. The molecule has 0 spiro atoms. The first-order valence-corrected chi connectivity index (χ1v) is 5.46. The van der Waals surface area contributed by atoms with Gasteiger partial charge in [-0.25, -0.2) is 9.97 Å². The molecule has 0 saturated heterocycles. The molecule has 1 aromatic heterocycles. The van der Waals surface area contributed by atoms with E-state index in [1.807, 2.05) is 0 Å². The second-order valence-corrected chi connectivity index (χ2v) is 4.19. The predicted molar refractivity (Wildman–Crippen MR) is 63.7 cm³/mol. The summed E-state index contributed by atoms with van der Waals surface area (Å²) in [6.07, 6.45) is 3.06. The van der Waals surface area contributed by atoms with Gasteiger partial charge < -0.3 is 5.73 Å². The number of rotatable bonds is 3. The van der Waals surface area contributed by atoms with Gasteiger partial charge in [0, 0.05) is 23.2 Å². The number of aromatic nitrogens is 2. The Morgan fingerprint density at radius 3 is 2.76 bits per heavy atom. The number of non-ortho nitro benzene ring substituents is 1. The van der Waals surface area contributed by atoms with Gasteiger partial charge in [-0.1, -0.05) is 11.8 Å². The number of nitro benzene ring substituents is 1. The van der Waals surface area contributed by atoms with Gasteiger partial charge >= 0.3 is 0 Å². The van der Waals surface area contributed by atoms with Crippen LogP contribution in [0.3, 0.4) is 0 Å². The molecular formula is C10H8N4O2S. The van der Waals surface area contributed by atoms with Crippen molar-refractivity contribution in [2.75, 3.05) is 5.73 Å². The van der Waals surface area contributed by atoms with E-state index in [2.05, 4.69) is 9.97 Å². The minimum absolute atomic E-state index is 0.0189. The smallest absolute Gasteiger partial charge is 0.271 e. The normalized spacial score (nSPS) is 10.1. The van der Waals surface area contributed by atoms with E-state index in [9.17, 15) is 10.1 Å². The Morgan fingerprint density at radius 2 is 2.18 bits per heavy atom. The van der Waals surface area contributed by atoms with Gasteiger partial charge in [0.15, 0.2) is 0 Å². The van der Waals surface area contributed by atoms with Crippen LogP contribution < -0.4 is 5.73 Å². The van der Waals surface area contributed by atoms with E-state index in [0.29, 0.717) is 5.69 Å². The second kappa shape index (κ2) is 4.79. The van der Waals surface area contributed by atoms with Gasteiger partial charge in [-0.3, -0.25) is 10.1 Å². The van der Waals surface area contributed by atoms with Crippen LogP contribution in [0.4, 0.5) is 11.4 Å².